The van der Waals surface area contributed by atoms with Gasteiger partial charge in [0.1, 0.15) is 0 Å². The fourth-order valence-corrected chi connectivity index (χ4v) is 3.60. The van der Waals surface area contributed by atoms with Crippen LogP contribution in [0.5, 0.6) is 0 Å². The molecule has 86 valence electrons. The second-order valence-corrected chi connectivity index (χ2v) is 5.77. The van der Waals surface area contributed by atoms with Gasteiger partial charge in [0.2, 0.25) is 5.91 Å². The fraction of sp³-hybridized carbons (Fsp3) is 0.909. The number of carbonyl (C=O) groups excluding carboxylic acids is 1. The second kappa shape index (κ2) is 5.21. The zero-order valence-electron chi connectivity index (χ0n) is 9.08. The highest BCUT2D eigenvalue weighted by molar-refractivity contribution is 7.99. The summed E-state index contributed by atoms with van der Waals surface area (Å²) in [6, 6.07) is 0.411. The molecule has 2 fully saturated rings. The Morgan fingerprint density at radius 3 is 2.73 bits per heavy atom. The van der Waals surface area contributed by atoms with E-state index in [-0.39, 0.29) is 23.9 Å². The van der Waals surface area contributed by atoms with Crippen LogP contribution in [0.3, 0.4) is 0 Å². The maximum atomic E-state index is 11.9. The van der Waals surface area contributed by atoms with Gasteiger partial charge in [-0.15, -0.1) is 0 Å². The van der Waals surface area contributed by atoms with E-state index < -0.39 is 0 Å². The summed E-state index contributed by atoms with van der Waals surface area (Å²) in [7, 11) is 0. The molecule has 0 aromatic heterocycles. The van der Waals surface area contributed by atoms with E-state index in [4.69, 9.17) is 5.73 Å². The Morgan fingerprint density at radius 2 is 2.07 bits per heavy atom. The molecule has 1 amide bonds. The Hall–Kier alpha value is -0.220. The van der Waals surface area contributed by atoms with Crippen LogP contribution < -0.4 is 11.1 Å². The molecule has 1 saturated heterocycles. The lowest BCUT2D eigenvalue weighted by molar-refractivity contribution is -0.125. The zero-order valence-corrected chi connectivity index (χ0v) is 9.89. The van der Waals surface area contributed by atoms with Gasteiger partial charge in [-0.2, -0.15) is 11.8 Å². The number of hydrogen-bond acceptors (Lipinski definition) is 3. The lowest BCUT2D eigenvalue weighted by atomic mass is 9.90. The molecular weight excluding hydrogens is 208 g/mol. The lowest BCUT2D eigenvalue weighted by Gasteiger charge is -2.30. The van der Waals surface area contributed by atoms with Crippen molar-refractivity contribution in [1.82, 2.24) is 5.32 Å². The molecule has 1 heterocycles. The number of thioether (sulfide) groups is 1. The topological polar surface area (TPSA) is 55.1 Å². The number of amides is 1. The third-order valence-electron chi connectivity index (χ3n) is 3.45. The molecule has 2 rings (SSSR count). The summed E-state index contributed by atoms with van der Waals surface area (Å²) in [5.74, 6) is 2.61. The minimum atomic E-state index is 0.178. The number of nitrogens with one attached hydrogen (secondary N) is 1. The van der Waals surface area contributed by atoms with E-state index >= 15 is 0 Å². The van der Waals surface area contributed by atoms with Crippen molar-refractivity contribution in [3.63, 3.8) is 0 Å². The molecule has 15 heavy (non-hydrogen) atoms. The predicted molar refractivity (Wildman–Crippen MR) is 63.8 cm³/mol. The quantitative estimate of drug-likeness (QED) is 0.745. The molecule has 3 N–H and O–H groups in total. The van der Waals surface area contributed by atoms with Crippen LogP contribution in [0.2, 0.25) is 0 Å². The first-order valence-electron chi connectivity index (χ1n) is 5.91. The lowest BCUT2D eigenvalue weighted by Crippen LogP contribution is -2.50. The number of hydrogen-bond donors (Lipinski definition) is 2. The number of carbonyl (C=O) groups is 1. The minimum absolute atomic E-state index is 0.178. The molecule has 3 nitrogen and oxygen atoms in total. The maximum Gasteiger partial charge on any atom is 0.224 e. The second-order valence-electron chi connectivity index (χ2n) is 4.62. The molecule has 0 aromatic carbocycles. The summed E-state index contributed by atoms with van der Waals surface area (Å²) < 4.78 is 0. The van der Waals surface area contributed by atoms with Gasteiger partial charge in [-0.3, -0.25) is 4.79 Å². The smallest absolute Gasteiger partial charge is 0.224 e. The van der Waals surface area contributed by atoms with Gasteiger partial charge in [0, 0.05) is 23.8 Å². The van der Waals surface area contributed by atoms with E-state index in [0.29, 0.717) is 0 Å². The molecular formula is C11H20N2OS. The van der Waals surface area contributed by atoms with Crippen molar-refractivity contribution < 1.29 is 4.79 Å². The van der Waals surface area contributed by atoms with E-state index in [2.05, 4.69) is 5.32 Å². The molecule has 2 aliphatic rings. The van der Waals surface area contributed by atoms with Crippen LogP contribution in [-0.2, 0) is 4.79 Å². The Kier molecular flexibility index (Phi) is 3.92. The normalized spacial score (nSPS) is 36.5. The molecule has 1 saturated carbocycles. The highest BCUT2D eigenvalue weighted by atomic mass is 32.2. The van der Waals surface area contributed by atoms with Crippen LogP contribution in [0.15, 0.2) is 0 Å². The molecule has 0 radical (unpaired) electrons. The maximum absolute atomic E-state index is 11.9. The van der Waals surface area contributed by atoms with Crippen LogP contribution >= 0.6 is 11.8 Å². The minimum Gasteiger partial charge on any atom is -0.352 e. The Morgan fingerprint density at radius 1 is 1.27 bits per heavy atom. The van der Waals surface area contributed by atoms with E-state index in [0.717, 1.165) is 30.8 Å². The van der Waals surface area contributed by atoms with Crippen molar-refractivity contribution in [2.24, 2.45) is 11.7 Å². The first-order valence-corrected chi connectivity index (χ1v) is 7.06. The molecule has 3 atom stereocenters. The summed E-state index contributed by atoms with van der Waals surface area (Å²) in [6.07, 6.45) is 5.58. The van der Waals surface area contributed by atoms with Gasteiger partial charge in [-0.1, -0.05) is 12.8 Å². The number of rotatable bonds is 2. The molecule has 0 aromatic rings. The molecule has 0 spiro atoms. The molecule has 4 heteroatoms. The SMILES string of the molecule is N[C@@H]1CCCC[C@H]1NC(=O)C1CCSC1. The van der Waals surface area contributed by atoms with Gasteiger partial charge in [-0.05, 0) is 25.0 Å². The van der Waals surface area contributed by atoms with Crippen molar-refractivity contribution in [3.05, 3.63) is 0 Å². The Bertz CT molecular complexity index is 229. The van der Waals surface area contributed by atoms with E-state index in [1.54, 1.807) is 0 Å². The van der Waals surface area contributed by atoms with E-state index in [9.17, 15) is 4.79 Å². The molecule has 1 unspecified atom stereocenters. The van der Waals surface area contributed by atoms with Gasteiger partial charge in [-0.25, -0.2) is 0 Å². The summed E-state index contributed by atoms with van der Waals surface area (Å²) >= 11 is 1.88. The summed E-state index contributed by atoms with van der Waals surface area (Å²) in [5.41, 5.74) is 6.01. The highest BCUT2D eigenvalue weighted by Crippen LogP contribution is 2.24. The average molecular weight is 228 g/mol. The van der Waals surface area contributed by atoms with E-state index in [1.807, 2.05) is 11.8 Å². The van der Waals surface area contributed by atoms with Crippen molar-refractivity contribution >= 4 is 17.7 Å². The first-order chi connectivity index (χ1) is 7.27. The summed E-state index contributed by atoms with van der Waals surface area (Å²) in [4.78, 5) is 11.9. The summed E-state index contributed by atoms with van der Waals surface area (Å²) in [5, 5.41) is 3.13. The fourth-order valence-electron chi connectivity index (χ4n) is 2.38. The predicted octanol–water partition coefficient (Wildman–Crippen LogP) is 1.13. The molecule has 1 aliphatic carbocycles. The van der Waals surface area contributed by atoms with Gasteiger partial charge in [0.05, 0.1) is 0 Å². The van der Waals surface area contributed by atoms with Crippen LogP contribution in [0.25, 0.3) is 0 Å². The van der Waals surface area contributed by atoms with Gasteiger partial charge in [0.25, 0.3) is 0 Å². The van der Waals surface area contributed by atoms with E-state index in [1.165, 1.54) is 12.8 Å². The largest absolute Gasteiger partial charge is 0.352 e. The first kappa shape index (κ1) is 11.3. The third-order valence-corrected chi connectivity index (χ3v) is 4.61. The zero-order chi connectivity index (χ0) is 10.7. The van der Waals surface area contributed by atoms with Gasteiger partial charge >= 0.3 is 0 Å². The monoisotopic (exact) mass is 228 g/mol. The average Bonchev–Trinajstić information content (AvgIpc) is 2.74. The van der Waals surface area contributed by atoms with Crippen LogP contribution in [0, 0.1) is 5.92 Å². The summed E-state index contributed by atoms with van der Waals surface area (Å²) in [6.45, 7) is 0. The van der Waals surface area contributed by atoms with Crippen LogP contribution in [0.4, 0.5) is 0 Å². The van der Waals surface area contributed by atoms with Crippen molar-refractivity contribution in [3.8, 4) is 0 Å². The van der Waals surface area contributed by atoms with Gasteiger partial charge in [0.15, 0.2) is 0 Å². The molecule has 0 bridgehead atoms. The molecule has 1 aliphatic heterocycles. The van der Waals surface area contributed by atoms with Gasteiger partial charge < -0.3 is 11.1 Å². The van der Waals surface area contributed by atoms with Crippen LogP contribution in [0.1, 0.15) is 32.1 Å². The standard InChI is InChI=1S/C11H20N2OS/c12-9-3-1-2-4-10(9)13-11(14)8-5-6-15-7-8/h8-10H,1-7,12H2,(H,13,14)/t8?,9-,10-/m1/s1. The van der Waals surface area contributed by atoms with Crippen molar-refractivity contribution in [1.29, 1.82) is 0 Å². The Balaban J connectivity index is 1.81. The number of nitrogens with two attached hydrogens (primary N) is 1. The van der Waals surface area contributed by atoms with Crippen molar-refractivity contribution in [2.75, 3.05) is 11.5 Å². The van der Waals surface area contributed by atoms with Crippen LogP contribution in [-0.4, -0.2) is 29.5 Å². The van der Waals surface area contributed by atoms with Crippen molar-refractivity contribution in [2.45, 2.75) is 44.2 Å². The Labute approximate surface area is 95.6 Å². The third kappa shape index (κ3) is 2.88. The highest BCUT2D eigenvalue weighted by Gasteiger charge is 2.28.